The van der Waals surface area contributed by atoms with E-state index in [1.165, 1.54) is 11.3 Å². The summed E-state index contributed by atoms with van der Waals surface area (Å²) in [5.74, 6) is 0. The molecule has 0 aliphatic carbocycles. The second kappa shape index (κ2) is 3.62. The Labute approximate surface area is 85.3 Å². The lowest BCUT2D eigenvalue weighted by Crippen LogP contribution is -2.31. The summed E-state index contributed by atoms with van der Waals surface area (Å²) in [6, 6.07) is 8.42. The van der Waals surface area contributed by atoms with Gasteiger partial charge in [0.25, 0.3) is 0 Å². The first-order valence-electron chi connectivity index (χ1n) is 5.30. The third kappa shape index (κ3) is 1.30. The first-order valence-corrected chi connectivity index (χ1v) is 5.30. The summed E-state index contributed by atoms with van der Waals surface area (Å²) in [5.41, 5.74) is 2.44. The summed E-state index contributed by atoms with van der Waals surface area (Å²) >= 11 is 0. The molecule has 0 bridgehead atoms. The first-order chi connectivity index (χ1) is 6.82. The Kier molecular flexibility index (Phi) is 2.46. The van der Waals surface area contributed by atoms with Crippen molar-refractivity contribution in [1.82, 2.24) is 0 Å². The number of ether oxygens (including phenoxy) is 1. The predicted octanol–water partition coefficient (Wildman–Crippen LogP) is 2.75. The zero-order valence-electron chi connectivity index (χ0n) is 8.84. The molecule has 1 unspecified atom stereocenters. The average molecular weight is 191 g/mol. The van der Waals surface area contributed by atoms with Crippen molar-refractivity contribution in [3.05, 3.63) is 29.8 Å². The third-order valence-electron chi connectivity index (χ3n) is 2.97. The highest BCUT2D eigenvalue weighted by Gasteiger charge is 2.37. The van der Waals surface area contributed by atoms with Gasteiger partial charge in [-0.05, 0) is 19.4 Å². The van der Waals surface area contributed by atoms with Crippen LogP contribution in [-0.2, 0) is 10.3 Å². The second-order valence-corrected chi connectivity index (χ2v) is 3.68. The molecule has 1 aromatic rings. The van der Waals surface area contributed by atoms with Crippen LogP contribution in [0.15, 0.2) is 24.3 Å². The van der Waals surface area contributed by atoms with Gasteiger partial charge in [-0.3, -0.25) is 0 Å². The molecule has 14 heavy (non-hydrogen) atoms. The Hall–Kier alpha value is -1.02. The molecule has 0 fully saturated rings. The minimum absolute atomic E-state index is 0.0919. The van der Waals surface area contributed by atoms with Crippen molar-refractivity contribution in [2.45, 2.75) is 25.9 Å². The van der Waals surface area contributed by atoms with E-state index in [1.54, 1.807) is 0 Å². The van der Waals surface area contributed by atoms with Crippen LogP contribution >= 0.6 is 0 Å². The molecule has 1 aliphatic heterocycles. The van der Waals surface area contributed by atoms with Crippen LogP contribution in [-0.4, -0.2) is 13.2 Å². The number of hydrogen-bond acceptors (Lipinski definition) is 2. The maximum absolute atomic E-state index is 5.90. The molecule has 2 nitrogen and oxygen atoms in total. The van der Waals surface area contributed by atoms with Crippen LogP contribution in [0, 0.1) is 0 Å². The monoisotopic (exact) mass is 191 g/mol. The largest absolute Gasteiger partial charge is 0.381 e. The Morgan fingerprint density at radius 2 is 2.14 bits per heavy atom. The van der Waals surface area contributed by atoms with Crippen molar-refractivity contribution >= 4 is 5.69 Å². The summed E-state index contributed by atoms with van der Waals surface area (Å²) in [7, 11) is 0. The number of benzene rings is 1. The van der Waals surface area contributed by atoms with E-state index < -0.39 is 0 Å². The van der Waals surface area contributed by atoms with E-state index in [0.29, 0.717) is 0 Å². The Balaban J connectivity index is 2.39. The number of nitrogens with one attached hydrogen (secondary N) is 1. The Morgan fingerprint density at radius 1 is 1.36 bits per heavy atom. The lowest BCUT2D eigenvalue weighted by atomic mass is 9.93. The van der Waals surface area contributed by atoms with Gasteiger partial charge in [-0.15, -0.1) is 0 Å². The smallest absolute Gasteiger partial charge is 0.112 e. The minimum atomic E-state index is -0.0919. The molecule has 0 spiro atoms. The van der Waals surface area contributed by atoms with Crippen molar-refractivity contribution in [2.24, 2.45) is 0 Å². The SMILES string of the molecule is CCOC1(CC)CNc2ccccc21. The fourth-order valence-corrected chi connectivity index (χ4v) is 2.19. The maximum atomic E-state index is 5.90. The highest BCUT2D eigenvalue weighted by atomic mass is 16.5. The lowest BCUT2D eigenvalue weighted by molar-refractivity contribution is -0.0314. The summed E-state index contributed by atoms with van der Waals surface area (Å²) in [4.78, 5) is 0. The number of anilines is 1. The van der Waals surface area contributed by atoms with Crippen molar-refractivity contribution in [3.63, 3.8) is 0 Å². The number of hydrogen-bond donors (Lipinski definition) is 1. The standard InChI is InChI=1S/C12H17NO/c1-3-12(14-4-2)9-13-11-8-6-5-7-10(11)12/h5-8,13H,3-4,9H2,1-2H3. The van der Waals surface area contributed by atoms with E-state index in [1.807, 2.05) is 0 Å². The normalized spacial score (nSPS) is 24.4. The van der Waals surface area contributed by atoms with E-state index in [4.69, 9.17) is 4.74 Å². The highest BCUT2D eigenvalue weighted by molar-refractivity contribution is 5.59. The van der Waals surface area contributed by atoms with Gasteiger partial charge in [-0.2, -0.15) is 0 Å². The van der Waals surface area contributed by atoms with E-state index in [9.17, 15) is 0 Å². The number of para-hydroxylation sites is 1. The molecule has 0 radical (unpaired) electrons. The summed E-state index contributed by atoms with van der Waals surface area (Å²) in [5, 5.41) is 3.40. The molecule has 1 aliphatic rings. The molecule has 2 rings (SSSR count). The summed E-state index contributed by atoms with van der Waals surface area (Å²) in [6.45, 7) is 5.90. The van der Waals surface area contributed by atoms with Gasteiger partial charge in [-0.1, -0.05) is 25.1 Å². The van der Waals surface area contributed by atoms with Gasteiger partial charge in [0.2, 0.25) is 0 Å². The molecule has 1 N–H and O–H groups in total. The molecule has 0 aromatic heterocycles. The van der Waals surface area contributed by atoms with Crippen LogP contribution in [0.3, 0.4) is 0 Å². The van der Waals surface area contributed by atoms with E-state index in [-0.39, 0.29) is 5.60 Å². The van der Waals surface area contributed by atoms with Gasteiger partial charge in [0.15, 0.2) is 0 Å². The molecule has 1 heterocycles. The second-order valence-electron chi connectivity index (χ2n) is 3.68. The Morgan fingerprint density at radius 3 is 2.86 bits per heavy atom. The first kappa shape index (κ1) is 9.53. The Bertz CT molecular complexity index is 320. The molecule has 76 valence electrons. The highest BCUT2D eigenvalue weighted by Crippen LogP contribution is 2.39. The van der Waals surface area contributed by atoms with Crippen LogP contribution in [0.1, 0.15) is 25.8 Å². The third-order valence-corrected chi connectivity index (χ3v) is 2.97. The van der Waals surface area contributed by atoms with E-state index >= 15 is 0 Å². The van der Waals surface area contributed by atoms with Gasteiger partial charge in [-0.25, -0.2) is 0 Å². The van der Waals surface area contributed by atoms with Crippen LogP contribution in [0.2, 0.25) is 0 Å². The van der Waals surface area contributed by atoms with Gasteiger partial charge in [0.05, 0.1) is 0 Å². The zero-order chi connectivity index (χ0) is 10.0. The average Bonchev–Trinajstić information content (AvgIpc) is 2.59. The van der Waals surface area contributed by atoms with Gasteiger partial charge in [0.1, 0.15) is 5.60 Å². The van der Waals surface area contributed by atoms with Crippen molar-refractivity contribution in [1.29, 1.82) is 0 Å². The molecular formula is C12H17NO. The zero-order valence-corrected chi connectivity index (χ0v) is 8.84. The molecule has 0 saturated carbocycles. The quantitative estimate of drug-likeness (QED) is 0.793. The van der Waals surface area contributed by atoms with Crippen molar-refractivity contribution in [2.75, 3.05) is 18.5 Å². The number of rotatable bonds is 3. The van der Waals surface area contributed by atoms with Gasteiger partial charge in [0, 0.05) is 24.4 Å². The van der Waals surface area contributed by atoms with Gasteiger partial charge >= 0.3 is 0 Å². The molecule has 0 amide bonds. The minimum Gasteiger partial charge on any atom is -0.381 e. The van der Waals surface area contributed by atoms with Crippen molar-refractivity contribution in [3.8, 4) is 0 Å². The fourth-order valence-electron chi connectivity index (χ4n) is 2.19. The van der Waals surface area contributed by atoms with E-state index in [0.717, 1.165) is 19.6 Å². The predicted molar refractivity (Wildman–Crippen MR) is 58.5 cm³/mol. The molecule has 1 atom stereocenters. The van der Waals surface area contributed by atoms with Crippen molar-refractivity contribution < 1.29 is 4.74 Å². The number of fused-ring (bicyclic) bond motifs is 1. The van der Waals surface area contributed by atoms with Crippen LogP contribution in [0.4, 0.5) is 5.69 Å². The topological polar surface area (TPSA) is 21.3 Å². The summed E-state index contributed by atoms with van der Waals surface area (Å²) < 4.78 is 5.90. The molecule has 1 aromatic carbocycles. The molecular weight excluding hydrogens is 174 g/mol. The fraction of sp³-hybridized carbons (Fsp3) is 0.500. The lowest BCUT2D eigenvalue weighted by Gasteiger charge is -2.27. The van der Waals surface area contributed by atoms with E-state index in [2.05, 4.69) is 43.4 Å². The molecule has 0 saturated heterocycles. The van der Waals surface area contributed by atoms with Gasteiger partial charge < -0.3 is 10.1 Å². The maximum Gasteiger partial charge on any atom is 0.112 e. The van der Waals surface area contributed by atoms with Crippen LogP contribution in [0.5, 0.6) is 0 Å². The summed E-state index contributed by atoms with van der Waals surface area (Å²) in [6.07, 6.45) is 1.02. The van der Waals surface area contributed by atoms with Crippen LogP contribution < -0.4 is 5.32 Å². The molecule has 2 heteroatoms. The van der Waals surface area contributed by atoms with Crippen LogP contribution in [0.25, 0.3) is 0 Å².